The highest BCUT2D eigenvalue weighted by Gasteiger charge is 2.26. The predicted octanol–water partition coefficient (Wildman–Crippen LogP) is 2.92. The van der Waals surface area contributed by atoms with E-state index in [4.69, 9.17) is 4.74 Å². The number of alkyl halides is 1. The van der Waals surface area contributed by atoms with Crippen molar-refractivity contribution < 1.29 is 4.74 Å². The number of rotatable bonds is 1. The summed E-state index contributed by atoms with van der Waals surface area (Å²) in [7, 11) is 0. The van der Waals surface area contributed by atoms with Crippen molar-refractivity contribution in [2.75, 3.05) is 5.33 Å². The summed E-state index contributed by atoms with van der Waals surface area (Å²) in [6, 6.07) is 7.61. The third-order valence-electron chi connectivity index (χ3n) is 2.91. The number of halogens is 2. The van der Waals surface area contributed by atoms with Crippen LogP contribution in [0.5, 0.6) is 5.88 Å². The summed E-state index contributed by atoms with van der Waals surface area (Å²) in [4.78, 5) is 12.1. The molecular weight excluding hydrogens is 350 g/mol. The molecule has 0 amide bonds. The van der Waals surface area contributed by atoms with Gasteiger partial charge < -0.3 is 9.30 Å². The molecule has 5 heteroatoms. The summed E-state index contributed by atoms with van der Waals surface area (Å²) in [5.41, 5.74) is 0.918. The molecule has 1 aliphatic rings. The van der Waals surface area contributed by atoms with Gasteiger partial charge >= 0.3 is 0 Å². The topological polar surface area (TPSA) is 31.2 Å². The van der Waals surface area contributed by atoms with Gasteiger partial charge in [-0.15, -0.1) is 0 Å². The minimum Gasteiger partial charge on any atom is -0.472 e. The lowest BCUT2D eigenvalue weighted by Crippen LogP contribution is -2.15. The third-order valence-corrected chi connectivity index (χ3v) is 4.33. The van der Waals surface area contributed by atoms with Crippen molar-refractivity contribution in [2.24, 2.45) is 0 Å². The molecule has 1 aliphatic heterocycles. The van der Waals surface area contributed by atoms with Gasteiger partial charge in [0.05, 0.1) is 12.1 Å². The molecule has 17 heavy (non-hydrogen) atoms. The zero-order valence-electron chi connectivity index (χ0n) is 8.82. The summed E-state index contributed by atoms with van der Waals surface area (Å²) in [5, 5.41) is 1.48. The highest BCUT2D eigenvalue weighted by atomic mass is 79.9. The molecule has 1 aromatic carbocycles. The van der Waals surface area contributed by atoms with Crippen molar-refractivity contribution in [3.63, 3.8) is 0 Å². The van der Waals surface area contributed by atoms with Crippen LogP contribution in [0.15, 0.2) is 33.5 Å². The SMILES string of the molecule is O=c1c(Br)c2n(c3ccccc13)CC(CBr)O2. The highest BCUT2D eigenvalue weighted by molar-refractivity contribution is 9.10. The molecule has 0 N–H and O–H groups in total. The van der Waals surface area contributed by atoms with E-state index in [0.29, 0.717) is 10.4 Å². The summed E-state index contributed by atoms with van der Waals surface area (Å²) in [6.45, 7) is 0.764. The molecule has 0 fully saturated rings. The van der Waals surface area contributed by atoms with Gasteiger partial charge in [0, 0.05) is 10.7 Å². The first-order chi connectivity index (χ1) is 8.22. The van der Waals surface area contributed by atoms with E-state index in [-0.39, 0.29) is 11.5 Å². The van der Waals surface area contributed by atoms with Gasteiger partial charge in [0.25, 0.3) is 0 Å². The van der Waals surface area contributed by atoms with Crippen molar-refractivity contribution in [3.05, 3.63) is 39.0 Å². The van der Waals surface area contributed by atoms with E-state index in [1.54, 1.807) is 0 Å². The molecule has 1 unspecified atom stereocenters. The molecule has 1 aromatic heterocycles. The summed E-state index contributed by atoms with van der Waals surface area (Å²) < 4.78 is 8.31. The molecule has 0 spiro atoms. The Labute approximate surface area is 115 Å². The Hall–Kier alpha value is -0.810. The minimum atomic E-state index is -0.0120. The summed E-state index contributed by atoms with van der Waals surface area (Å²) >= 11 is 6.75. The number of ether oxygens (including phenoxy) is 1. The first-order valence-electron chi connectivity index (χ1n) is 5.26. The van der Waals surface area contributed by atoms with Crippen molar-refractivity contribution in [2.45, 2.75) is 12.6 Å². The van der Waals surface area contributed by atoms with E-state index in [2.05, 4.69) is 31.9 Å². The number of para-hydroxylation sites is 1. The van der Waals surface area contributed by atoms with Gasteiger partial charge in [-0.05, 0) is 28.1 Å². The van der Waals surface area contributed by atoms with Crippen LogP contribution in [-0.2, 0) is 6.54 Å². The average molecular weight is 359 g/mol. The van der Waals surface area contributed by atoms with Gasteiger partial charge in [0.2, 0.25) is 11.3 Å². The predicted molar refractivity (Wildman–Crippen MR) is 74.1 cm³/mol. The van der Waals surface area contributed by atoms with E-state index in [0.717, 1.165) is 22.8 Å². The molecule has 0 aliphatic carbocycles. The van der Waals surface area contributed by atoms with Crippen LogP contribution >= 0.6 is 31.9 Å². The first kappa shape index (κ1) is 11.3. The number of aromatic nitrogens is 1. The van der Waals surface area contributed by atoms with Crippen molar-refractivity contribution in [1.82, 2.24) is 4.57 Å². The van der Waals surface area contributed by atoms with Crippen molar-refractivity contribution >= 4 is 42.8 Å². The number of pyridine rings is 1. The maximum Gasteiger partial charge on any atom is 0.213 e. The van der Waals surface area contributed by atoms with Gasteiger partial charge in [0.15, 0.2) is 0 Å². The van der Waals surface area contributed by atoms with Crippen LogP contribution in [0.25, 0.3) is 10.9 Å². The Bertz CT molecular complexity index is 651. The lowest BCUT2D eigenvalue weighted by Gasteiger charge is -2.08. The Balaban J connectivity index is 2.37. The third kappa shape index (κ3) is 1.64. The number of fused-ring (bicyclic) bond motifs is 3. The number of hydrogen-bond acceptors (Lipinski definition) is 2. The Morgan fingerprint density at radius 3 is 2.94 bits per heavy atom. The number of hydrogen-bond donors (Lipinski definition) is 0. The molecule has 1 atom stereocenters. The molecule has 2 heterocycles. The maximum atomic E-state index is 12.1. The normalized spacial score (nSPS) is 18.1. The maximum absolute atomic E-state index is 12.1. The zero-order valence-corrected chi connectivity index (χ0v) is 12.0. The number of benzene rings is 1. The monoisotopic (exact) mass is 357 g/mol. The van der Waals surface area contributed by atoms with E-state index in [1.165, 1.54) is 0 Å². The highest BCUT2D eigenvalue weighted by Crippen LogP contribution is 2.32. The van der Waals surface area contributed by atoms with E-state index in [1.807, 2.05) is 28.8 Å². The molecule has 0 bridgehead atoms. The Kier molecular flexibility index (Phi) is 2.75. The summed E-state index contributed by atoms with van der Waals surface area (Å²) in [5.74, 6) is 0.637. The fourth-order valence-corrected chi connectivity index (χ4v) is 2.98. The van der Waals surface area contributed by atoms with Crippen molar-refractivity contribution in [1.29, 1.82) is 0 Å². The fraction of sp³-hybridized carbons (Fsp3) is 0.250. The van der Waals surface area contributed by atoms with E-state index >= 15 is 0 Å². The van der Waals surface area contributed by atoms with Crippen molar-refractivity contribution in [3.8, 4) is 5.88 Å². The minimum absolute atomic E-state index is 0.0120. The van der Waals surface area contributed by atoms with Gasteiger partial charge in [-0.2, -0.15) is 0 Å². The molecule has 88 valence electrons. The second kappa shape index (κ2) is 4.14. The fourth-order valence-electron chi connectivity index (χ4n) is 2.12. The second-order valence-corrected chi connectivity index (χ2v) is 5.41. The van der Waals surface area contributed by atoms with Crippen LogP contribution in [0, 0.1) is 0 Å². The summed E-state index contributed by atoms with van der Waals surface area (Å²) in [6.07, 6.45) is 0.0801. The molecule has 3 nitrogen and oxygen atoms in total. The van der Waals surface area contributed by atoms with Gasteiger partial charge in [-0.1, -0.05) is 28.1 Å². The van der Waals surface area contributed by atoms with Gasteiger partial charge in [0.1, 0.15) is 10.6 Å². The van der Waals surface area contributed by atoms with Crippen LogP contribution in [0.4, 0.5) is 0 Å². The molecule has 3 rings (SSSR count). The van der Waals surface area contributed by atoms with Crippen LogP contribution in [0.1, 0.15) is 0 Å². The zero-order chi connectivity index (χ0) is 12.0. The lowest BCUT2D eigenvalue weighted by atomic mass is 10.2. The molecular formula is C12H9Br2NO2. The van der Waals surface area contributed by atoms with Gasteiger partial charge in [-0.3, -0.25) is 4.79 Å². The first-order valence-corrected chi connectivity index (χ1v) is 7.17. The molecule has 0 saturated heterocycles. The quantitative estimate of drug-likeness (QED) is 0.734. The smallest absolute Gasteiger partial charge is 0.213 e. The number of nitrogens with zero attached hydrogens (tertiary/aromatic N) is 1. The van der Waals surface area contributed by atoms with Crippen LogP contribution in [0.3, 0.4) is 0 Å². The molecule has 0 radical (unpaired) electrons. The molecule has 2 aromatic rings. The Morgan fingerprint density at radius 2 is 2.18 bits per heavy atom. The average Bonchev–Trinajstić information content (AvgIpc) is 2.80. The Morgan fingerprint density at radius 1 is 1.41 bits per heavy atom. The van der Waals surface area contributed by atoms with Crippen LogP contribution < -0.4 is 10.2 Å². The van der Waals surface area contributed by atoms with Crippen LogP contribution in [-0.4, -0.2) is 16.0 Å². The standard InChI is InChI=1S/C12H9Br2NO2/c13-5-7-6-15-9-4-2-1-3-8(9)11(16)10(14)12(15)17-7/h1-4,7H,5-6H2. The second-order valence-electron chi connectivity index (χ2n) is 3.97. The van der Waals surface area contributed by atoms with Crippen LogP contribution in [0.2, 0.25) is 0 Å². The largest absolute Gasteiger partial charge is 0.472 e. The van der Waals surface area contributed by atoms with E-state index < -0.39 is 0 Å². The van der Waals surface area contributed by atoms with E-state index in [9.17, 15) is 4.79 Å². The molecule has 0 saturated carbocycles. The lowest BCUT2D eigenvalue weighted by molar-refractivity contribution is 0.259. The van der Waals surface area contributed by atoms with Gasteiger partial charge in [-0.25, -0.2) is 0 Å².